The minimum Gasteiger partial charge on any atom is -0.396 e. The van der Waals surface area contributed by atoms with Gasteiger partial charge in [0, 0.05) is 18.6 Å². The van der Waals surface area contributed by atoms with E-state index in [0.717, 1.165) is 10.7 Å². The predicted molar refractivity (Wildman–Crippen MR) is 60.1 cm³/mol. The Morgan fingerprint density at radius 3 is 2.80 bits per heavy atom. The van der Waals surface area contributed by atoms with Crippen LogP contribution in [0.4, 0.5) is 0 Å². The molecule has 1 N–H and O–H groups in total. The molecular formula is C11H17ClN2O. The lowest BCUT2D eigenvalue weighted by molar-refractivity contribution is 0.299. The normalized spacial score (nSPS) is 18.3. The van der Waals surface area contributed by atoms with Gasteiger partial charge in [-0.2, -0.15) is 5.10 Å². The lowest BCUT2D eigenvalue weighted by atomic mass is 9.96. The van der Waals surface area contributed by atoms with E-state index >= 15 is 0 Å². The van der Waals surface area contributed by atoms with Crippen molar-refractivity contribution < 1.29 is 5.11 Å². The standard InChI is InChI=1S/C11H17ClN2O/c12-11-9(6-7-15)8-13-14(11)10-4-2-1-3-5-10/h8,10,15H,1-7H2. The zero-order valence-corrected chi connectivity index (χ0v) is 9.58. The third kappa shape index (κ3) is 2.34. The molecule has 0 aromatic carbocycles. The molecule has 0 bridgehead atoms. The van der Waals surface area contributed by atoms with Crippen LogP contribution in [0.25, 0.3) is 0 Å². The van der Waals surface area contributed by atoms with Gasteiger partial charge in [0.05, 0.1) is 12.2 Å². The van der Waals surface area contributed by atoms with Crippen LogP contribution in [0.2, 0.25) is 5.15 Å². The summed E-state index contributed by atoms with van der Waals surface area (Å²) in [5, 5.41) is 13.9. The summed E-state index contributed by atoms with van der Waals surface area (Å²) in [6.45, 7) is 0.135. The van der Waals surface area contributed by atoms with Crippen LogP contribution in [-0.4, -0.2) is 21.5 Å². The smallest absolute Gasteiger partial charge is 0.130 e. The van der Waals surface area contributed by atoms with Crippen molar-refractivity contribution >= 4 is 11.6 Å². The van der Waals surface area contributed by atoms with Crippen molar-refractivity contribution in [3.63, 3.8) is 0 Å². The third-order valence-electron chi connectivity index (χ3n) is 3.11. The fourth-order valence-corrected chi connectivity index (χ4v) is 2.58. The molecule has 0 unspecified atom stereocenters. The maximum atomic E-state index is 8.87. The summed E-state index contributed by atoms with van der Waals surface area (Å²) in [6.07, 6.45) is 8.63. The highest BCUT2D eigenvalue weighted by Gasteiger charge is 2.19. The highest BCUT2D eigenvalue weighted by molar-refractivity contribution is 6.30. The summed E-state index contributed by atoms with van der Waals surface area (Å²) >= 11 is 6.23. The first-order chi connectivity index (χ1) is 7.33. The Bertz CT molecular complexity index is 318. The molecule has 0 aliphatic heterocycles. The highest BCUT2D eigenvalue weighted by atomic mass is 35.5. The van der Waals surface area contributed by atoms with Crippen LogP contribution in [-0.2, 0) is 6.42 Å². The van der Waals surface area contributed by atoms with E-state index in [9.17, 15) is 0 Å². The zero-order chi connectivity index (χ0) is 10.7. The Balaban J connectivity index is 2.13. The molecule has 4 heteroatoms. The molecule has 2 rings (SSSR count). The summed E-state index contributed by atoms with van der Waals surface area (Å²) in [6, 6.07) is 0.471. The monoisotopic (exact) mass is 228 g/mol. The molecule has 1 saturated carbocycles. The van der Waals surface area contributed by atoms with Gasteiger partial charge < -0.3 is 5.11 Å². The van der Waals surface area contributed by atoms with Crippen molar-refractivity contribution in [2.45, 2.75) is 44.6 Å². The zero-order valence-electron chi connectivity index (χ0n) is 8.82. The molecule has 0 radical (unpaired) electrons. The number of rotatable bonds is 3. The van der Waals surface area contributed by atoms with Crippen LogP contribution in [0.3, 0.4) is 0 Å². The largest absolute Gasteiger partial charge is 0.396 e. The van der Waals surface area contributed by atoms with Crippen LogP contribution in [0.1, 0.15) is 43.7 Å². The van der Waals surface area contributed by atoms with Gasteiger partial charge in [-0.15, -0.1) is 0 Å². The van der Waals surface area contributed by atoms with Crippen LogP contribution >= 0.6 is 11.6 Å². The highest BCUT2D eigenvalue weighted by Crippen LogP contribution is 2.31. The Labute approximate surface area is 95.0 Å². The van der Waals surface area contributed by atoms with Crippen LogP contribution in [0, 0.1) is 0 Å². The molecule has 3 nitrogen and oxygen atoms in total. The summed E-state index contributed by atoms with van der Waals surface area (Å²) in [5.41, 5.74) is 0.963. The quantitative estimate of drug-likeness (QED) is 0.864. The van der Waals surface area contributed by atoms with Gasteiger partial charge in [-0.25, -0.2) is 0 Å². The molecule has 1 aliphatic carbocycles. The summed E-state index contributed by atoms with van der Waals surface area (Å²) in [4.78, 5) is 0. The van der Waals surface area contributed by atoms with Gasteiger partial charge in [0.15, 0.2) is 0 Å². The van der Waals surface area contributed by atoms with Crippen molar-refractivity contribution in [2.75, 3.05) is 6.61 Å². The van der Waals surface area contributed by atoms with Gasteiger partial charge in [-0.05, 0) is 12.8 Å². The van der Waals surface area contributed by atoms with E-state index in [4.69, 9.17) is 16.7 Å². The second kappa shape index (κ2) is 4.99. The first kappa shape index (κ1) is 11.0. The van der Waals surface area contributed by atoms with E-state index in [1.165, 1.54) is 32.1 Å². The molecule has 0 amide bonds. The molecule has 1 aromatic heterocycles. The predicted octanol–water partition coefficient (Wildman–Crippen LogP) is 2.58. The molecule has 84 valence electrons. The molecule has 1 fully saturated rings. The first-order valence-electron chi connectivity index (χ1n) is 5.65. The molecule has 1 aliphatic rings. The maximum absolute atomic E-state index is 8.87. The number of halogens is 1. The Hall–Kier alpha value is -0.540. The fourth-order valence-electron chi connectivity index (χ4n) is 2.25. The Morgan fingerprint density at radius 2 is 2.13 bits per heavy atom. The molecule has 0 atom stereocenters. The van der Waals surface area contributed by atoms with E-state index in [0.29, 0.717) is 12.5 Å². The van der Waals surface area contributed by atoms with Gasteiger partial charge in [0.25, 0.3) is 0 Å². The van der Waals surface area contributed by atoms with Gasteiger partial charge in [-0.1, -0.05) is 30.9 Å². The van der Waals surface area contributed by atoms with Gasteiger partial charge in [0.1, 0.15) is 5.15 Å². The van der Waals surface area contributed by atoms with Crippen molar-refractivity contribution in [1.29, 1.82) is 0 Å². The summed E-state index contributed by atoms with van der Waals surface area (Å²) in [7, 11) is 0. The lowest BCUT2D eigenvalue weighted by Gasteiger charge is -2.22. The number of nitrogens with zero attached hydrogens (tertiary/aromatic N) is 2. The SMILES string of the molecule is OCCc1cnn(C2CCCCC2)c1Cl. The van der Waals surface area contributed by atoms with Crippen molar-refractivity contribution in [2.24, 2.45) is 0 Å². The second-order valence-electron chi connectivity index (χ2n) is 4.17. The first-order valence-corrected chi connectivity index (χ1v) is 6.03. The Morgan fingerprint density at radius 1 is 1.40 bits per heavy atom. The second-order valence-corrected chi connectivity index (χ2v) is 4.53. The van der Waals surface area contributed by atoms with E-state index in [1.807, 2.05) is 4.68 Å². The molecule has 15 heavy (non-hydrogen) atoms. The van der Waals surface area contributed by atoms with Gasteiger partial charge >= 0.3 is 0 Å². The number of hydrogen-bond donors (Lipinski definition) is 1. The van der Waals surface area contributed by atoms with E-state index in [1.54, 1.807) is 6.20 Å². The molecular weight excluding hydrogens is 212 g/mol. The van der Waals surface area contributed by atoms with E-state index in [2.05, 4.69) is 5.10 Å². The maximum Gasteiger partial charge on any atom is 0.130 e. The van der Waals surface area contributed by atoms with Crippen LogP contribution < -0.4 is 0 Å². The van der Waals surface area contributed by atoms with Crippen molar-refractivity contribution in [1.82, 2.24) is 9.78 Å². The van der Waals surface area contributed by atoms with Crippen LogP contribution in [0.15, 0.2) is 6.20 Å². The van der Waals surface area contributed by atoms with Crippen molar-refractivity contribution in [3.8, 4) is 0 Å². The fraction of sp³-hybridized carbons (Fsp3) is 0.727. The molecule has 0 saturated heterocycles. The summed E-state index contributed by atoms with van der Waals surface area (Å²) < 4.78 is 1.94. The number of hydrogen-bond acceptors (Lipinski definition) is 2. The molecule has 1 aromatic rings. The average molecular weight is 229 g/mol. The number of aromatic nitrogens is 2. The minimum atomic E-state index is 0.135. The van der Waals surface area contributed by atoms with Gasteiger partial charge in [0.2, 0.25) is 0 Å². The third-order valence-corrected chi connectivity index (χ3v) is 3.52. The Kier molecular flexibility index (Phi) is 3.65. The van der Waals surface area contributed by atoms with E-state index in [-0.39, 0.29) is 6.61 Å². The van der Waals surface area contributed by atoms with Gasteiger partial charge in [-0.3, -0.25) is 4.68 Å². The van der Waals surface area contributed by atoms with Crippen LogP contribution in [0.5, 0.6) is 0 Å². The summed E-state index contributed by atoms with van der Waals surface area (Å²) in [5.74, 6) is 0. The minimum absolute atomic E-state index is 0.135. The average Bonchev–Trinajstić information content (AvgIpc) is 2.63. The van der Waals surface area contributed by atoms with E-state index < -0.39 is 0 Å². The van der Waals surface area contributed by atoms with Crippen molar-refractivity contribution in [3.05, 3.63) is 16.9 Å². The molecule has 0 spiro atoms. The number of aliphatic hydroxyl groups excluding tert-OH is 1. The topological polar surface area (TPSA) is 38.1 Å². The molecule has 1 heterocycles. The lowest BCUT2D eigenvalue weighted by Crippen LogP contribution is -2.14. The number of aliphatic hydroxyl groups is 1.